The summed E-state index contributed by atoms with van der Waals surface area (Å²) in [7, 11) is 0. The van der Waals surface area contributed by atoms with Gasteiger partial charge in [-0.15, -0.1) is 0 Å². The molecule has 0 unspecified atom stereocenters. The highest BCUT2D eigenvalue weighted by atomic mass is 15.6. The number of nitrogens with one attached hydrogen (secondary N) is 1. The van der Waals surface area contributed by atoms with Crippen molar-refractivity contribution >= 4 is 0 Å². The van der Waals surface area contributed by atoms with Crippen LogP contribution in [-0.4, -0.2) is 30.2 Å². The highest BCUT2D eigenvalue weighted by Crippen LogP contribution is 1.83. The molecule has 2 heteroatoms. The van der Waals surface area contributed by atoms with Crippen molar-refractivity contribution < 1.29 is 5.01 Å². The van der Waals surface area contributed by atoms with Gasteiger partial charge in [-0.1, -0.05) is 0 Å². The van der Waals surface area contributed by atoms with E-state index in [1.165, 1.54) is 0 Å². The minimum atomic E-state index is 0.685. The summed E-state index contributed by atoms with van der Waals surface area (Å²) in [6.07, 6.45) is 0. The van der Waals surface area contributed by atoms with Crippen LogP contribution < -0.4 is 5.01 Å². The lowest BCUT2D eigenvalue weighted by Gasteiger charge is -2.35. The van der Waals surface area contributed by atoms with Gasteiger partial charge < -0.3 is 0 Å². The smallest absolute Gasteiger partial charge is 0.0995 e. The molecule has 0 aromatic carbocycles. The van der Waals surface area contributed by atoms with Gasteiger partial charge in [0.2, 0.25) is 0 Å². The lowest BCUT2D eigenvalue weighted by molar-refractivity contribution is -1.05. The van der Waals surface area contributed by atoms with Gasteiger partial charge >= 0.3 is 0 Å². The Morgan fingerprint density at radius 1 is 0.917 bits per heavy atom. The Kier molecular flexibility index (Phi) is 5.51. The van der Waals surface area contributed by atoms with Gasteiger partial charge in [-0.05, 0) is 41.5 Å². The van der Waals surface area contributed by atoms with Crippen molar-refractivity contribution in [2.24, 2.45) is 0 Å². The molecule has 0 rings (SSSR count). The Balaban J connectivity index is 4.26. The van der Waals surface area contributed by atoms with Crippen LogP contribution in [0, 0.1) is 0 Å². The maximum absolute atomic E-state index is 2.48. The highest BCUT2D eigenvalue weighted by Gasteiger charge is 2.22. The molecule has 74 valence electrons. The van der Waals surface area contributed by atoms with Gasteiger partial charge in [0.25, 0.3) is 0 Å². The molecule has 0 aromatic rings. The van der Waals surface area contributed by atoms with Gasteiger partial charge in [0.15, 0.2) is 0 Å². The highest BCUT2D eigenvalue weighted by molar-refractivity contribution is 4.42. The number of nitrogens with zero attached hydrogens (tertiary/aromatic N) is 1. The van der Waals surface area contributed by atoms with Gasteiger partial charge in [0.1, 0.15) is 0 Å². The first-order chi connectivity index (χ1) is 5.54. The van der Waals surface area contributed by atoms with Crippen molar-refractivity contribution in [3.63, 3.8) is 0 Å². The molecule has 0 atom stereocenters. The summed E-state index contributed by atoms with van der Waals surface area (Å²) in [6.45, 7) is 15.9. The summed E-state index contributed by atoms with van der Waals surface area (Å²) in [4.78, 5) is 0. The second-order valence-electron chi connectivity index (χ2n) is 3.91. The third kappa shape index (κ3) is 3.11. The van der Waals surface area contributed by atoms with Crippen molar-refractivity contribution in [1.82, 2.24) is 5.01 Å². The molecule has 0 aliphatic heterocycles. The van der Waals surface area contributed by atoms with Crippen molar-refractivity contribution in [2.45, 2.75) is 53.6 Å². The van der Waals surface area contributed by atoms with Crippen molar-refractivity contribution in [3.05, 3.63) is 0 Å². The van der Waals surface area contributed by atoms with Crippen LogP contribution in [0.3, 0.4) is 0 Å². The zero-order valence-electron chi connectivity index (χ0n) is 9.52. The van der Waals surface area contributed by atoms with E-state index in [0.717, 1.165) is 13.1 Å². The van der Waals surface area contributed by atoms with Crippen LogP contribution in [0.2, 0.25) is 0 Å². The molecule has 2 nitrogen and oxygen atoms in total. The van der Waals surface area contributed by atoms with E-state index in [-0.39, 0.29) is 0 Å². The Labute approximate surface area is 77.5 Å². The van der Waals surface area contributed by atoms with Crippen molar-refractivity contribution in [2.75, 3.05) is 13.1 Å². The van der Waals surface area contributed by atoms with E-state index in [1.54, 1.807) is 5.01 Å². The first-order valence-corrected chi connectivity index (χ1v) is 5.16. The summed E-state index contributed by atoms with van der Waals surface area (Å²) in [5.41, 5.74) is 0. The standard InChI is InChI=1S/C10H24N2/c1-7-11(8-2)12(9(3)4)10(5)6/h9-10H,7-8H2,1-6H3/p+1. The Hall–Kier alpha value is -0.0800. The summed E-state index contributed by atoms with van der Waals surface area (Å²) in [5, 5.41) is 4.08. The molecule has 0 spiro atoms. The first-order valence-electron chi connectivity index (χ1n) is 5.16. The maximum atomic E-state index is 2.48. The van der Waals surface area contributed by atoms with E-state index in [2.05, 4.69) is 46.6 Å². The number of hydrogen-bond donors (Lipinski definition) is 1. The molecule has 0 amide bonds. The van der Waals surface area contributed by atoms with Gasteiger partial charge in [0, 0.05) is 13.1 Å². The van der Waals surface area contributed by atoms with Gasteiger partial charge in [-0.3, -0.25) is 5.01 Å². The monoisotopic (exact) mass is 173 g/mol. The Morgan fingerprint density at radius 3 is 1.33 bits per heavy atom. The zero-order chi connectivity index (χ0) is 9.72. The topological polar surface area (TPSA) is 7.68 Å². The molecule has 0 radical (unpaired) electrons. The van der Waals surface area contributed by atoms with Gasteiger partial charge in [0.05, 0.1) is 12.1 Å². The Bertz CT molecular complexity index is 98.4. The number of quaternary nitrogens is 1. The molecule has 0 bridgehead atoms. The maximum Gasteiger partial charge on any atom is 0.0995 e. The number of hydrogen-bond acceptors (Lipinski definition) is 1. The molecule has 0 aliphatic carbocycles. The summed E-state index contributed by atoms with van der Waals surface area (Å²) < 4.78 is 0. The van der Waals surface area contributed by atoms with Crippen LogP contribution in [0.1, 0.15) is 41.5 Å². The average Bonchev–Trinajstić information content (AvgIpc) is 1.98. The Morgan fingerprint density at radius 2 is 1.25 bits per heavy atom. The fraction of sp³-hybridized carbons (Fsp3) is 1.00. The second-order valence-corrected chi connectivity index (χ2v) is 3.91. The SMILES string of the molecule is CCN(CC)[NH+](C(C)C)C(C)C. The average molecular weight is 173 g/mol. The summed E-state index contributed by atoms with van der Waals surface area (Å²) in [5.74, 6) is 0. The largest absolute Gasteiger partial charge is 0.251 e. The molecule has 0 saturated heterocycles. The fourth-order valence-corrected chi connectivity index (χ4v) is 1.99. The molecule has 0 aliphatic rings. The zero-order valence-corrected chi connectivity index (χ0v) is 9.52. The minimum Gasteiger partial charge on any atom is -0.251 e. The molecular weight excluding hydrogens is 148 g/mol. The predicted octanol–water partition coefficient (Wildman–Crippen LogP) is 0.945. The summed E-state index contributed by atoms with van der Waals surface area (Å²) >= 11 is 0. The molecule has 0 heterocycles. The van der Waals surface area contributed by atoms with Gasteiger partial charge in [-0.25, -0.2) is 0 Å². The van der Waals surface area contributed by atoms with E-state index in [9.17, 15) is 0 Å². The normalized spacial score (nSPS) is 12.5. The third-order valence-electron chi connectivity index (χ3n) is 2.31. The third-order valence-corrected chi connectivity index (χ3v) is 2.31. The van der Waals surface area contributed by atoms with Gasteiger partial charge in [-0.2, -0.15) is 5.01 Å². The van der Waals surface area contributed by atoms with Crippen LogP contribution in [0.25, 0.3) is 0 Å². The van der Waals surface area contributed by atoms with Crippen molar-refractivity contribution in [3.8, 4) is 0 Å². The fourth-order valence-electron chi connectivity index (χ4n) is 1.99. The lowest BCUT2D eigenvalue weighted by Crippen LogP contribution is -3.23. The molecule has 1 N–H and O–H groups in total. The van der Waals surface area contributed by atoms with Crippen LogP contribution >= 0.6 is 0 Å². The first kappa shape index (κ1) is 11.9. The van der Waals surface area contributed by atoms with E-state index in [4.69, 9.17) is 0 Å². The van der Waals surface area contributed by atoms with Crippen LogP contribution in [0.5, 0.6) is 0 Å². The molecule has 0 saturated carbocycles. The van der Waals surface area contributed by atoms with E-state index in [1.807, 2.05) is 0 Å². The van der Waals surface area contributed by atoms with E-state index < -0.39 is 0 Å². The van der Waals surface area contributed by atoms with Crippen molar-refractivity contribution in [1.29, 1.82) is 0 Å². The molecule has 0 fully saturated rings. The number of rotatable bonds is 5. The van der Waals surface area contributed by atoms with Crippen LogP contribution in [-0.2, 0) is 0 Å². The quantitative estimate of drug-likeness (QED) is 0.608. The molecular formula is C10H25N2+. The molecule has 0 aromatic heterocycles. The molecule has 12 heavy (non-hydrogen) atoms. The van der Waals surface area contributed by atoms with Crippen LogP contribution in [0.15, 0.2) is 0 Å². The van der Waals surface area contributed by atoms with Crippen LogP contribution in [0.4, 0.5) is 0 Å². The second kappa shape index (κ2) is 5.55. The minimum absolute atomic E-state index is 0.685. The van der Waals surface area contributed by atoms with E-state index >= 15 is 0 Å². The lowest BCUT2D eigenvalue weighted by atomic mass is 10.3. The predicted molar refractivity (Wildman–Crippen MR) is 54.2 cm³/mol. The van der Waals surface area contributed by atoms with E-state index in [0.29, 0.717) is 12.1 Å². The summed E-state index contributed by atoms with van der Waals surface area (Å²) in [6, 6.07) is 1.37.